The van der Waals surface area contributed by atoms with Gasteiger partial charge in [0, 0.05) is 11.4 Å². The van der Waals surface area contributed by atoms with Crippen LogP contribution in [0.2, 0.25) is 0 Å². The van der Waals surface area contributed by atoms with E-state index in [1.165, 1.54) is 24.0 Å². The summed E-state index contributed by atoms with van der Waals surface area (Å²) < 4.78 is 4.67. The molecule has 0 aliphatic heterocycles. The highest BCUT2D eigenvalue weighted by Gasteiger charge is 2.15. The first-order chi connectivity index (χ1) is 8.70. The molecule has 5 heteroatoms. The van der Waals surface area contributed by atoms with E-state index in [1.807, 2.05) is 37.3 Å². The molecule has 1 heterocycles. The molecule has 1 aromatic carbocycles. The molecule has 0 unspecified atom stereocenters. The van der Waals surface area contributed by atoms with Crippen LogP contribution in [0.4, 0.5) is 5.13 Å². The number of aryl methyl sites for hydroxylation is 1. The van der Waals surface area contributed by atoms with Gasteiger partial charge in [0.25, 0.3) is 0 Å². The first-order valence-corrected chi connectivity index (χ1v) is 6.36. The average Bonchev–Trinajstić information content (AvgIpc) is 2.78. The van der Waals surface area contributed by atoms with Gasteiger partial charge in [0.2, 0.25) is 0 Å². The Morgan fingerprint density at radius 3 is 2.78 bits per heavy atom. The molecule has 0 saturated carbocycles. The van der Waals surface area contributed by atoms with Crippen molar-refractivity contribution in [3.8, 4) is 0 Å². The predicted molar refractivity (Wildman–Crippen MR) is 72.0 cm³/mol. The van der Waals surface area contributed by atoms with Crippen molar-refractivity contribution < 1.29 is 9.53 Å². The van der Waals surface area contributed by atoms with Crippen molar-refractivity contribution in [2.75, 3.05) is 12.4 Å². The zero-order chi connectivity index (χ0) is 13.0. The van der Waals surface area contributed by atoms with Gasteiger partial charge in [-0.15, -0.1) is 11.3 Å². The van der Waals surface area contributed by atoms with Gasteiger partial charge in [0.15, 0.2) is 10.8 Å². The number of carbonyl (C=O) groups excluding carboxylic acids is 1. The molecule has 2 aromatic rings. The maximum atomic E-state index is 11.4. The predicted octanol–water partition coefficient (Wildman–Crippen LogP) is 2.85. The summed E-state index contributed by atoms with van der Waals surface area (Å²) in [6.07, 6.45) is 0. The Morgan fingerprint density at radius 1 is 1.39 bits per heavy atom. The lowest BCUT2D eigenvalue weighted by Crippen LogP contribution is -2.04. The molecule has 1 N–H and O–H groups in total. The van der Waals surface area contributed by atoms with Crippen molar-refractivity contribution in [3.63, 3.8) is 0 Å². The first-order valence-electron chi connectivity index (χ1n) is 5.54. The summed E-state index contributed by atoms with van der Waals surface area (Å²) in [6.45, 7) is 2.55. The summed E-state index contributed by atoms with van der Waals surface area (Å²) >= 11 is 1.45. The maximum Gasteiger partial charge on any atom is 0.357 e. The van der Waals surface area contributed by atoms with Gasteiger partial charge >= 0.3 is 5.97 Å². The summed E-state index contributed by atoms with van der Waals surface area (Å²) in [7, 11) is 1.36. The van der Waals surface area contributed by atoms with Crippen molar-refractivity contribution in [3.05, 3.63) is 46.5 Å². The topological polar surface area (TPSA) is 51.2 Å². The number of ether oxygens (including phenoxy) is 1. The number of nitrogens with zero attached hydrogens (tertiary/aromatic N) is 1. The molecule has 0 atom stereocenters. The highest BCUT2D eigenvalue weighted by molar-refractivity contribution is 7.15. The zero-order valence-electron chi connectivity index (χ0n) is 10.3. The average molecular weight is 262 g/mol. The summed E-state index contributed by atoms with van der Waals surface area (Å²) in [4.78, 5) is 16.5. The molecule has 1 aromatic heterocycles. The minimum atomic E-state index is -0.392. The molecule has 0 bridgehead atoms. The van der Waals surface area contributed by atoms with Crippen molar-refractivity contribution in [2.24, 2.45) is 0 Å². The Hall–Kier alpha value is -1.88. The Bertz CT molecular complexity index is 537. The third-order valence-corrected chi connectivity index (χ3v) is 3.39. The molecule has 0 saturated heterocycles. The fourth-order valence-electron chi connectivity index (χ4n) is 1.53. The lowest BCUT2D eigenvalue weighted by Gasteiger charge is -2.01. The maximum absolute atomic E-state index is 11.4. The van der Waals surface area contributed by atoms with E-state index < -0.39 is 5.97 Å². The van der Waals surface area contributed by atoms with E-state index in [9.17, 15) is 4.79 Å². The molecule has 2 rings (SSSR count). The van der Waals surface area contributed by atoms with Gasteiger partial charge in [0.1, 0.15) is 0 Å². The van der Waals surface area contributed by atoms with Gasteiger partial charge in [0.05, 0.1) is 7.11 Å². The molecule has 0 aliphatic rings. The number of methoxy groups -OCH3 is 1. The van der Waals surface area contributed by atoms with E-state index >= 15 is 0 Å². The van der Waals surface area contributed by atoms with Crippen molar-refractivity contribution in [1.29, 1.82) is 0 Å². The second-order valence-corrected chi connectivity index (χ2v) is 4.96. The third-order valence-electron chi connectivity index (χ3n) is 2.46. The Morgan fingerprint density at radius 2 is 2.11 bits per heavy atom. The zero-order valence-corrected chi connectivity index (χ0v) is 11.1. The van der Waals surface area contributed by atoms with Crippen LogP contribution in [-0.4, -0.2) is 18.1 Å². The summed E-state index contributed by atoms with van der Waals surface area (Å²) in [5.74, 6) is -0.392. The standard InChI is InChI=1S/C13H14N2O2S/c1-9-11(12(16)17-2)15-13(18-9)14-8-10-6-4-3-5-7-10/h3-7H,8H2,1-2H3,(H,14,15). The van der Waals surface area contributed by atoms with Gasteiger partial charge in [-0.25, -0.2) is 9.78 Å². The molecule has 94 valence electrons. The molecule has 0 aliphatic carbocycles. The van der Waals surface area contributed by atoms with E-state index in [0.717, 1.165) is 10.0 Å². The largest absolute Gasteiger partial charge is 0.464 e. The molecule has 0 fully saturated rings. The number of aromatic nitrogens is 1. The van der Waals surface area contributed by atoms with E-state index in [0.29, 0.717) is 12.2 Å². The van der Waals surface area contributed by atoms with Crippen LogP contribution in [0.15, 0.2) is 30.3 Å². The molecule has 0 spiro atoms. The highest BCUT2D eigenvalue weighted by Crippen LogP contribution is 2.23. The number of benzene rings is 1. The Kier molecular flexibility index (Phi) is 3.94. The number of thiazole rings is 1. The van der Waals surface area contributed by atoms with Crippen LogP contribution in [0.5, 0.6) is 0 Å². The number of hydrogen-bond donors (Lipinski definition) is 1. The normalized spacial score (nSPS) is 10.1. The molecular weight excluding hydrogens is 248 g/mol. The lowest BCUT2D eigenvalue weighted by molar-refractivity contribution is 0.0594. The van der Waals surface area contributed by atoms with Gasteiger partial charge in [-0.05, 0) is 12.5 Å². The molecule has 4 nitrogen and oxygen atoms in total. The summed E-state index contributed by atoms with van der Waals surface area (Å²) in [6, 6.07) is 10.0. The number of rotatable bonds is 4. The van der Waals surface area contributed by atoms with Crippen LogP contribution in [0.3, 0.4) is 0 Å². The van der Waals surface area contributed by atoms with E-state index in [4.69, 9.17) is 0 Å². The van der Waals surface area contributed by atoms with E-state index in [1.54, 1.807) is 0 Å². The monoisotopic (exact) mass is 262 g/mol. The third kappa shape index (κ3) is 2.87. The van der Waals surface area contributed by atoms with Crippen LogP contribution >= 0.6 is 11.3 Å². The SMILES string of the molecule is COC(=O)c1nc(NCc2ccccc2)sc1C. The smallest absolute Gasteiger partial charge is 0.357 e. The van der Waals surface area contributed by atoms with E-state index in [-0.39, 0.29) is 0 Å². The fraction of sp³-hybridized carbons (Fsp3) is 0.231. The second kappa shape index (κ2) is 5.64. The summed E-state index contributed by atoms with van der Waals surface area (Å²) in [5, 5.41) is 3.93. The minimum Gasteiger partial charge on any atom is -0.464 e. The number of nitrogens with one attached hydrogen (secondary N) is 1. The quantitative estimate of drug-likeness (QED) is 0.861. The van der Waals surface area contributed by atoms with Crippen LogP contribution in [0.25, 0.3) is 0 Å². The van der Waals surface area contributed by atoms with Crippen molar-refractivity contribution in [2.45, 2.75) is 13.5 Å². The minimum absolute atomic E-state index is 0.387. The highest BCUT2D eigenvalue weighted by atomic mass is 32.1. The number of esters is 1. The Labute approximate surface area is 110 Å². The number of anilines is 1. The number of hydrogen-bond acceptors (Lipinski definition) is 5. The number of carbonyl (C=O) groups is 1. The van der Waals surface area contributed by atoms with Gasteiger partial charge in [-0.1, -0.05) is 30.3 Å². The summed E-state index contributed by atoms with van der Waals surface area (Å²) in [5.41, 5.74) is 1.56. The fourth-order valence-corrected chi connectivity index (χ4v) is 2.33. The molecular formula is C13H14N2O2S. The van der Waals surface area contributed by atoms with Gasteiger partial charge in [-0.3, -0.25) is 0 Å². The molecule has 0 radical (unpaired) electrons. The van der Waals surface area contributed by atoms with Crippen LogP contribution in [-0.2, 0) is 11.3 Å². The van der Waals surface area contributed by atoms with Gasteiger partial charge < -0.3 is 10.1 Å². The van der Waals surface area contributed by atoms with Crippen molar-refractivity contribution >= 4 is 22.4 Å². The lowest BCUT2D eigenvalue weighted by atomic mass is 10.2. The van der Waals surface area contributed by atoms with Crippen LogP contribution in [0.1, 0.15) is 20.9 Å². The second-order valence-electron chi connectivity index (χ2n) is 3.75. The van der Waals surface area contributed by atoms with E-state index in [2.05, 4.69) is 15.0 Å². The Balaban J connectivity index is 2.05. The van der Waals surface area contributed by atoms with Crippen LogP contribution in [0, 0.1) is 6.92 Å². The van der Waals surface area contributed by atoms with Crippen LogP contribution < -0.4 is 5.32 Å². The van der Waals surface area contributed by atoms with Crippen molar-refractivity contribution in [1.82, 2.24) is 4.98 Å². The molecule has 0 amide bonds. The first kappa shape index (κ1) is 12.6. The van der Waals surface area contributed by atoms with Gasteiger partial charge in [-0.2, -0.15) is 0 Å². The molecule has 18 heavy (non-hydrogen) atoms.